The van der Waals surface area contributed by atoms with Gasteiger partial charge in [0.25, 0.3) is 0 Å². The van der Waals surface area contributed by atoms with Crippen molar-refractivity contribution in [2.75, 3.05) is 13.2 Å². The fraction of sp³-hybridized carbons (Fsp3) is 0.625. The summed E-state index contributed by atoms with van der Waals surface area (Å²) in [7, 11) is 0. The molecule has 1 aromatic rings. The molecule has 18 heavy (non-hydrogen) atoms. The molecule has 0 radical (unpaired) electrons. The molecule has 0 saturated carbocycles. The predicted molar refractivity (Wildman–Crippen MR) is 78.0 cm³/mol. The van der Waals surface area contributed by atoms with Crippen molar-refractivity contribution in [3.05, 3.63) is 35.4 Å². The molecule has 2 nitrogen and oxygen atoms in total. The van der Waals surface area contributed by atoms with Crippen molar-refractivity contribution in [1.82, 2.24) is 5.32 Å². The van der Waals surface area contributed by atoms with E-state index >= 15 is 0 Å². The molecular formula is C16H27NO. The van der Waals surface area contributed by atoms with Gasteiger partial charge in [0.05, 0.1) is 6.61 Å². The van der Waals surface area contributed by atoms with Gasteiger partial charge in [-0.2, -0.15) is 0 Å². The molecule has 0 aromatic heterocycles. The first-order chi connectivity index (χ1) is 8.24. The number of hydrogen-bond donors (Lipinski definition) is 2. The molecule has 2 N–H and O–H groups in total. The maximum atomic E-state index is 9.15. The smallest absolute Gasteiger partial charge is 0.0607 e. The zero-order chi connectivity index (χ0) is 13.8. The highest BCUT2D eigenvalue weighted by Crippen LogP contribution is 2.22. The number of aliphatic hydroxyl groups excluding tert-OH is 1. The molecular weight excluding hydrogens is 222 g/mol. The molecule has 0 fully saturated rings. The lowest BCUT2D eigenvalue weighted by molar-refractivity contribution is 0.189. The van der Waals surface area contributed by atoms with E-state index in [-0.39, 0.29) is 17.6 Å². The zero-order valence-electron chi connectivity index (χ0n) is 12.4. The van der Waals surface area contributed by atoms with Gasteiger partial charge in [-0.3, -0.25) is 0 Å². The first-order valence-electron chi connectivity index (χ1n) is 6.70. The molecule has 0 unspecified atom stereocenters. The van der Waals surface area contributed by atoms with E-state index in [0.717, 1.165) is 13.0 Å². The van der Waals surface area contributed by atoms with Crippen LogP contribution in [0.5, 0.6) is 0 Å². The molecule has 102 valence electrons. The molecule has 0 heterocycles. The van der Waals surface area contributed by atoms with E-state index in [9.17, 15) is 0 Å². The second kappa shape index (κ2) is 5.85. The summed E-state index contributed by atoms with van der Waals surface area (Å²) in [5.41, 5.74) is 2.74. The fourth-order valence-electron chi connectivity index (χ4n) is 1.77. The number of rotatable bonds is 5. The zero-order valence-corrected chi connectivity index (χ0v) is 12.4. The Hall–Kier alpha value is -0.860. The Morgan fingerprint density at radius 3 is 2.00 bits per heavy atom. The molecule has 0 aliphatic rings. The second-order valence-electron chi connectivity index (χ2n) is 6.67. The van der Waals surface area contributed by atoms with E-state index in [0.29, 0.717) is 0 Å². The highest BCUT2D eigenvalue weighted by atomic mass is 16.3. The summed E-state index contributed by atoms with van der Waals surface area (Å²) in [5.74, 6) is 0. The van der Waals surface area contributed by atoms with Crippen LogP contribution in [0.3, 0.4) is 0 Å². The summed E-state index contributed by atoms with van der Waals surface area (Å²) in [6.07, 6.45) is 0.994. The van der Waals surface area contributed by atoms with Crippen LogP contribution in [0.25, 0.3) is 0 Å². The quantitative estimate of drug-likeness (QED) is 0.841. The Bertz CT molecular complexity index is 360. The molecule has 0 spiro atoms. The van der Waals surface area contributed by atoms with E-state index in [1.807, 2.05) is 13.8 Å². The van der Waals surface area contributed by atoms with Crippen molar-refractivity contribution in [1.29, 1.82) is 0 Å². The van der Waals surface area contributed by atoms with Crippen molar-refractivity contribution >= 4 is 0 Å². The van der Waals surface area contributed by atoms with Gasteiger partial charge in [-0.1, -0.05) is 45.0 Å². The molecule has 0 aliphatic heterocycles. The Morgan fingerprint density at radius 2 is 1.56 bits per heavy atom. The minimum atomic E-state index is -0.189. The van der Waals surface area contributed by atoms with Crippen LogP contribution >= 0.6 is 0 Å². The first kappa shape index (κ1) is 15.2. The molecule has 0 saturated heterocycles. The third-order valence-corrected chi connectivity index (χ3v) is 3.23. The van der Waals surface area contributed by atoms with E-state index in [4.69, 9.17) is 5.11 Å². The van der Waals surface area contributed by atoms with Crippen LogP contribution in [-0.4, -0.2) is 23.8 Å². The van der Waals surface area contributed by atoms with Gasteiger partial charge in [0.15, 0.2) is 0 Å². The van der Waals surface area contributed by atoms with Gasteiger partial charge < -0.3 is 10.4 Å². The molecule has 0 bridgehead atoms. The maximum Gasteiger partial charge on any atom is 0.0607 e. The molecule has 1 rings (SSSR count). The normalized spacial score (nSPS) is 12.8. The average Bonchev–Trinajstić information content (AvgIpc) is 2.28. The van der Waals surface area contributed by atoms with Gasteiger partial charge in [0, 0.05) is 5.54 Å². The van der Waals surface area contributed by atoms with Crippen LogP contribution in [0.2, 0.25) is 0 Å². The second-order valence-corrected chi connectivity index (χ2v) is 6.67. The summed E-state index contributed by atoms with van der Waals surface area (Å²) in [4.78, 5) is 0. The Labute approximate surface area is 111 Å². The lowest BCUT2D eigenvalue weighted by atomic mass is 9.86. The monoisotopic (exact) mass is 249 g/mol. The van der Waals surface area contributed by atoms with Crippen molar-refractivity contribution in [3.63, 3.8) is 0 Å². The number of nitrogens with one attached hydrogen (secondary N) is 1. The number of hydrogen-bond acceptors (Lipinski definition) is 2. The van der Waals surface area contributed by atoms with E-state index < -0.39 is 0 Å². The van der Waals surface area contributed by atoms with Crippen molar-refractivity contribution < 1.29 is 5.11 Å². The van der Waals surface area contributed by atoms with E-state index in [1.165, 1.54) is 11.1 Å². The summed E-state index contributed by atoms with van der Waals surface area (Å²) in [6.45, 7) is 11.8. The average molecular weight is 249 g/mol. The summed E-state index contributed by atoms with van der Waals surface area (Å²) >= 11 is 0. The van der Waals surface area contributed by atoms with Crippen molar-refractivity contribution in [2.45, 2.75) is 52.0 Å². The molecule has 0 amide bonds. The van der Waals surface area contributed by atoms with Crippen LogP contribution < -0.4 is 5.32 Å². The Balaban J connectivity index is 2.50. The van der Waals surface area contributed by atoms with Crippen LogP contribution in [0.15, 0.2) is 24.3 Å². The van der Waals surface area contributed by atoms with Gasteiger partial charge in [-0.05, 0) is 43.4 Å². The highest BCUT2D eigenvalue weighted by molar-refractivity contribution is 5.27. The Morgan fingerprint density at radius 1 is 1.00 bits per heavy atom. The van der Waals surface area contributed by atoms with Crippen molar-refractivity contribution in [3.8, 4) is 0 Å². The lowest BCUT2D eigenvalue weighted by Gasteiger charge is -2.23. The predicted octanol–water partition coefficient (Wildman–Crippen LogP) is 2.89. The fourth-order valence-corrected chi connectivity index (χ4v) is 1.77. The number of benzene rings is 1. The van der Waals surface area contributed by atoms with Crippen LogP contribution in [-0.2, 0) is 11.8 Å². The maximum absolute atomic E-state index is 9.15. The summed E-state index contributed by atoms with van der Waals surface area (Å²) in [5, 5.41) is 12.5. The van der Waals surface area contributed by atoms with E-state index in [1.54, 1.807) is 0 Å². The van der Waals surface area contributed by atoms with Crippen molar-refractivity contribution in [2.24, 2.45) is 0 Å². The van der Waals surface area contributed by atoms with Gasteiger partial charge in [-0.25, -0.2) is 0 Å². The topological polar surface area (TPSA) is 32.3 Å². The first-order valence-corrected chi connectivity index (χ1v) is 6.70. The SMILES string of the molecule is CC(C)(CO)NCCc1ccc(C(C)(C)C)cc1. The van der Waals surface area contributed by atoms with Gasteiger partial charge in [-0.15, -0.1) is 0 Å². The minimum absolute atomic E-state index is 0.163. The van der Waals surface area contributed by atoms with Gasteiger partial charge >= 0.3 is 0 Å². The van der Waals surface area contributed by atoms with Gasteiger partial charge in [0.2, 0.25) is 0 Å². The molecule has 1 aromatic carbocycles. The van der Waals surface area contributed by atoms with Crippen LogP contribution in [0.4, 0.5) is 0 Å². The molecule has 2 heteroatoms. The van der Waals surface area contributed by atoms with E-state index in [2.05, 4.69) is 50.4 Å². The lowest BCUT2D eigenvalue weighted by Crippen LogP contribution is -2.43. The highest BCUT2D eigenvalue weighted by Gasteiger charge is 2.15. The van der Waals surface area contributed by atoms with Gasteiger partial charge in [0.1, 0.15) is 0 Å². The van der Waals surface area contributed by atoms with Crippen LogP contribution in [0, 0.1) is 0 Å². The number of aliphatic hydroxyl groups is 1. The molecule has 0 atom stereocenters. The Kier molecular flexibility index (Phi) is 4.94. The standard InChI is InChI=1S/C16H27NO/c1-15(2,3)14-8-6-13(7-9-14)10-11-17-16(4,5)12-18/h6-9,17-18H,10-12H2,1-5H3. The summed E-state index contributed by atoms with van der Waals surface area (Å²) < 4.78 is 0. The largest absolute Gasteiger partial charge is 0.394 e. The summed E-state index contributed by atoms with van der Waals surface area (Å²) in [6, 6.07) is 8.83. The third kappa shape index (κ3) is 4.79. The minimum Gasteiger partial charge on any atom is -0.394 e. The third-order valence-electron chi connectivity index (χ3n) is 3.23. The molecule has 0 aliphatic carbocycles. The van der Waals surface area contributed by atoms with Crippen LogP contribution in [0.1, 0.15) is 45.7 Å².